The van der Waals surface area contributed by atoms with Crippen molar-refractivity contribution in [1.29, 1.82) is 0 Å². The van der Waals surface area contributed by atoms with E-state index in [9.17, 15) is 0 Å². The van der Waals surface area contributed by atoms with Crippen LogP contribution in [0, 0.1) is 0 Å². The Hall–Kier alpha value is 1.74. The normalized spacial score (nSPS) is 103. The van der Waals surface area contributed by atoms with E-state index in [1.165, 1.54) is 5.73 Å². The molecule has 10 heterocycles. The van der Waals surface area contributed by atoms with E-state index in [1.807, 2.05) is 0 Å². The van der Waals surface area contributed by atoms with Crippen molar-refractivity contribution in [3.05, 3.63) is 0 Å². The van der Waals surface area contributed by atoms with Gasteiger partial charge in [-0.25, -0.2) is 0 Å². The molecule has 0 aromatic heterocycles. The van der Waals surface area contributed by atoms with Gasteiger partial charge in [-0.3, -0.25) is 0 Å². The van der Waals surface area contributed by atoms with E-state index < -0.39 is 11.4 Å². The first-order valence-corrected chi connectivity index (χ1v) is 27.7. The molecular formula is C18H28P2Zr. The average molecular weight is 398 g/mol. The van der Waals surface area contributed by atoms with Crippen LogP contribution in [0.5, 0.6) is 0 Å². The van der Waals surface area contributed by atoms with Gasteiger partial charge in [0, 0.05) is 0 Å². The molecule has 10 fully saturated rings. The maximum absolute atomic E-state index is 3.55. The molecule has 0 aliphatic carbocycles. The van der Waals surface area contributed by atoms with Gasteiger partial charge in [-0.05, 0) is 0 Å². The van der Waals surface area contributed by atoms with E-state index in [0.717, 1.165) is 0 Å². The van der Waals surface area contributed by atoms with Crippen LogP contribution < -0.4 is 0 Å². The fourth-order valence-corrected chi connectivity index (χ4v) is 317. The van der Waals surface area contributed by atoms with Crippen molar-refractivity contribution >= 4 is 15.8 Å². The zero-order valence-electron chi connectivity index (χ0n) is 13.8. The Kier molecular flexibility index (Phi) is 0.553. The molecule has 1 spiro atoms. The van der Waals surface area contributed by atoms with E-state index in [4.69, 9.17) is 0 Å². The summed E-state index contributed by atoms with van der Waals surface area (Å²) in [6.45, 7) is 10.4. The molecule has 3 heteroatoms. The van der Waals surface area contributed by atoms with Crippen LogP contribution in [0.3, 0.4) is 0 Å². The van der Waals surface area contributed by atoms with Crippen molar-refractivity contribution in [2.24, 2.45) is 0 Å². The molecule has 10 saturated heterocycles. The summed E-state index contributed by atoms with van der Waals surface area (Å²) in [6.07, 6.45) is 6.52. The van der Waals surface area contributed by atoms with Gasteiger partial charge in [-0.2, -0.15) is 0 Å². The minimum absolute atomic E-state index is 0.465. The van der Waals surface area contributed by atoms with Crippen LogP contribution in [-0.2, 0) is 11.4 Å². The number of hydrogen-bond donors (Lipinski definition) is 0. The molecule has 0 aromatic carbocycles. The molecule has 0 amide bonds. The van der Waals surface area contributed by atoms with Crippen molar-refractivity contribution in [2.45, 2.75) is 62.4 Å². The summed E-state index contributed by atoms with van der Waals surface area (Å²) < 4.78 is 15.1. The SMILES string of the molecule is CCP(CC)[C]12[CH]3[CH]4[CH]5[C]1(P(CC)CC)[Zr]43521678[CH]2[CH]1[CH]6[CH]7[CH]28. The minimum atomic E-state index is -3.55. The topological polar surface area (TPSA) is 0 Å². The third-order valence-corrected chi connectivity index (χ3v) is 143. The Bertz CT molecular complexity index is 964. The van der Waals surface area contributed by atoms with Crippen LogP contribution in [0.2, 0.25) is 29.0 Å². The van der Waals surface area contributed by atoms with Gasteiger partial charge in [-0.1, -0.05) is 0 Å². The first-order valence-electron chi connectivity index (χ1n) is 10.5. The van der Waals surface area contributed by atoms with Gasteiger partial charge in [0.05, 0.1) is 0 Å². The summed E-state index contributed by atoms with van der Waals surface area (Å²) in [5.74, 6) is 0. The summed E-state index contributed by atoms with van der Waals surface area (Å²) in [5.41, 5.74) is 0. The van der Waals surface area contributed by atoms with Gasteiger partial charge in [-0.15, -0.1) is 0 Å². The second-order valence-corrected chi connectivity index (χ2v) is 74.9. The molecule has 0 saturated carbocycles. The molecule has 0 aromatic rings. The molecule has 0 radical (unpaired) electrons. The monoisotopic (exact) mass is 396 g/mol. The molecule has 114 valence electrons. The summed E-state index contributed by atoms with van der Waals surface area (Å²) >= 11 is -3.55. The Morgan fingerprint density at radius 1 is 0.619 bits per heavy atom. The van der Waals surface area contributed by atoms with Gasteiger partial charge in [0.1, 0.15) is 0 Å². The van der Waals surface area contributed by atoms with Crippen LogP contribution in [-0.4, -0.2) is 30.4 Å². The molecule has 4 unspecified atom stereocenters. The zero-order valence-corrected chi connectivity index (χ0v) is 18.1. The molecular weight excluding hydrogens is 369 g/mol. The molecule has 10 aliphatic rings. The third-order valence-electron chi connectivity index (χ3n) is 22.8. The standard InChI is InChI=1S/C13H23P2.C5H5.Zr/c1-5-14(6-2)12-10-9-11-13(12)15(7-3)8-4;1-2-4-5-3-1;/h9-11H,5-8H2,1-4H3;1-5H;. The fourth-order valence-electron chi connectivity index (χ4n) is 27.6. The van der Waals surface area contributed by atoms with Gasteiger partial charge < -0.3 is 0 Å². The molecule has 0 bridgehead atoms. The van der Waals surface area contributed by atoms with Crippen LogP contribution >= 0.6 is 15.8 Å². The van der Waals surface area contributed by atoms with Crippen LogP contribution in [0.4, 0.5) is 0 Å². The molecule has 10 aliphatic heterocycles. The predicted molar refractivity (Wildman–Crippen MR) is 91.5 cm³/mol. The first-order chi connectivity index (χ1) is 9.98. The molecule has 10 rings (SSSR count). The van der Waals surface area contributed by atoms with E-state index >= 15 is 0 Å². The van der Waals surface area contributed by atoms with Gasteiger partial charge >= 0.3 is 114 Å². The summed E-state index contributed by atoms with van der Waals surface area (Å²) in [7, 11) is 0.930. The van der Waals surface area contributed by atoms with E-state index in [1.54, 1.807) is 53.7 Å². The van der Waals surface area contributed by atoms with Crippen molar-refractivity contribution < 1.29 is 11.4 Å². The Morgan fingerprint density at radius 3 is 1.14 bits per heavy atom. The van der Waals surface area contributed by atoms with Crippen LogP contribution in [0.15, 0.2) is 0 Å². The third kappa shape index (κ3) is 0.137. The van der Waals surface area contributed by atoms with E-state index in [2.05, 4.69) is 27.7 Å². The summed E-state index contributed by atoms with van der Waals surface area (Å²) in [4.78, 5) is 0. The summed E-state index contributed by atoms with van der Waals surface area (Å²) in [6, 6.07) is 0. The van der Waals surface area contributed by atoms with E-state index in [-0.39, 0.29) is 0 Å². The molecule has 4 atom stereocenters. The molecule has 0 nitrogen and oxygen atoms in total. The van der Waals surface area contributed by atoms with Gasteiger partial charge in [0.15, 0.2) is 0 Å². The average Bonchev–Trinajstić information content (AvgIpc) is 3.44. The number of hydrogen-bond acceptors (Lipinski definition) is 0. The Labute approximate surface area is 113 Å². The first kappa shape index (κ1) is 10.7. The molecule has 0 N–H and O–H groups in total. The summed E-state index contributed by atoms with van der Waals surface area (Å²) in [5, 5.41) is 0. The van der Waals surface area contributed by atoms with Crippen LogP contribution in [0.1, 0.15) is 27.7 Å². The maximum atomic E-state index is 2.61. The van der Waals surface area contributed by atoms with Crippen molar-refractivity contribution in [3.63, 3.8) is 0 Å². The van der Waals surface area contributed by atoms with Gasteiger partial charge in [0.25, 0.3) is 0 Å². The Balaban J connectivity index is 1.49. The van der Waals surface area contributed by atoms with Crippen molar-refractivity contribution in [1.82, 2.24) is 0 Å². The quantitative estimate of drug-likeness (QED) is 0.466. The predicted octanol–water partition coefficient (Wildman–Crippen LogP) is 6.23. The van der Waals surface area contributed by atoms with Crippen LogP contribution in [0.25, 0.3) is 0 Å². The Morgan fingerprint density at radius 2 is 0.952 bits per heavy atom. The van der Waals surface area contributed by atoms with Crippen molar-refractivity contribution in [3.8, 4) is 0 Å². The second kappa shape index (κ2) is 1.09. The van der Waals surface area contributed by atoms with Crippen molar-refractivity contribution in [2.75, 3.05) is 24.6 Å². The zero-order chi connectivity index (χ0) is 13.9. The fraction of sp³-hybridized carbons (Fsp3) is 1.00. The number of fused-ring (bicyclic) bond motifs is 10. The van der Waals surface area contributed by atoms with Gasteiger partial charge in [0.2, 0.25) is 0 Å². The molecule has 21 heavy (non-hydrogen) atoms. The van der Waals surface area contributed by atoms with E-state index in [0.29, 0.717) is 15.8 Å². The second-order valence-electron chi connectivity index (χ2n) is 15.1. The number of rotatable bonds is 6.